The topological polar surface area (TPSA) is 72.4 Å². The van der Waals surface area contributed by atoms with Crippen molar-refractivity contribution >= 4 is 38.2 Å². The van der Waals surface area contributed by atoms with Gasteiger partial charge in [-0.1, -0.05) is 119 Å². The van der Waals surface area contributed by atoms with Gasteiger partial charge in [0.15, 0.2) is 0 Å². The SMILES string of the molecule is BrCCCOc1ccc(C2=c3ccc([nH]3)=C(c3ccccc3)c3ccc([nH]3)C(c3ccccc3)=c3ccc([nH]3)=C(c3ccccc3)c3ccc2[nH]3)cc1. The lowest BCUT2D eigenvalue weighted by Crippen LogP contribution is -2.19. The Hall–Kier alpha value is -6.24. The Morgan fingerprint density at radius 1 is 0.358 bits per heavy atom. The molecule has 0 amide bonds. The maximum Gasteiger partial charge on any atom is 0.119 e. The van der Waals surface area contributed by atoms with Gasteiger partial charge in [-0.3, -0.25) is 0 Å². The van der Waals surface area contributed by atoms with Crippen LogP contribution in [0.1, 0.15) is 51.5 Å². The normalized spacial score (nSPS) is 12.7. The van der Waals surface area contributed by atoms with Crippen molar-refractivity contribution in [3.05, 3.63) is 230 Å². The van der Waals surface area contributed by atoms with Gasteiger partial charge < -0.3 is 24.7 Å². The lowest BCUT2D eigenvalue weighted by molar-refractivity contribution is 0.319. The summed E-state index contributed by atoms with van der Waals surface area (Å²) in [6, 6.07) is 57.8. The standard InChI is InChI=1S/C47H37BrN4O/c48-29-10-30-53-35-19-17-34(18-20-35)47-42-27-25-40(51-42)45(32-13-6-2-7-14-32)38-23-21-36(49-38)44(31-11-4-1-5-12-31)37-22-24-39(50-37)46(33-15-8-3-9-16-33)41-26-28-43(47)52-41/h1-9,11-28,49-52H,10,29-30H2. The van der Waals surface area contributed by atoms with Crippen LogP contribution in [0.2, 0.25) is 0 Å². The number of rotatable bonds is 8. The molecule has 0 spiro atoms. The zero-order valence-corrected chi connectivity index (χ0v) is 30.6. The summed E-state index contributed by atoms with van der Waals surface area (Å²) < 4.78 is 6.02. The molecule has 9 rings (SSSR count). The molecule has 258 valence electrons. The van der Waals surface area contributed by atoms with Gasteiger partial charge in [-0.15, -0.1) is 0 Å². The van der Waals surface area contributed by atoms with E-state index in [-0.39, 0.29) is 0 Å². The van der Waals surface area contributed by atoms with E-state index in [4.69, 9.17) is 4.74 Å². The number of H-pyrrole nitrogens is 4. The summed E-state index contributed by atoms with van der Waals surface area (Å²) >= 11 is 3.50. The third-order valence-electron chi connectivity index (χ3n) is 9.78. The highest BCUT2D eigenvalue weighted by Gasteiger charge is 2.18. The van der Waals surface area contributed by atoms with Crippen LogP contribution in [0.25, 0.3) is 22.3 Å². The fraction of sp³-hybridized carbons (Fsp3) is 0.0638. The highest BCUT2D eigenvalue weighted by molar-refractivity contribution is 9.09. The van der Waals surface area contributed by atoms with Gasteiger partial charge in [0.05, 0.1) is 6.61 Å². The van der Waals surface area contributed by atoms with Gasteiger partial charge in [0.25, 0.3) is 0 Å². The number of aromatic nitrogens is 4. The van der Waals surface area contributed by atoms with Crippen LogP contribution in [-0.2, 0) is 0 Å². The summed E-state index contributed by atoms with van der Waals surface area (Å²) in [6.07, 6.45) is 0.951. The maximum atomic E-state index is 6.02. The average molecular weight is 754 g/mol. The number of benzene rings is 4. The molecule has 0 radical (unpaired) electrons. The first kappa shape index (κ1) is 32.7. The lowest BCUT2D eigenvalue weighted by Gasteiger charge is -2.10. The molecule has 0 unspecified atom stereocenters. The quantitative estimate of drug-likeness (QED) is 0.0945. The van der Waals surface area contributed by atoms with Crippen LogP contribution in [0.4, 0.5) is 0 Å². The fourth-order valence-corrected chi connectivity index (χ4v) is 7.58. The van der Waals surface area contributed by atoms with Crippen molar-refractivity contribution in [2.75, 3.05) is 11.9 Å². The molecule has 0 saturated heterocycles. The van der Waals surface area contributed by atoms with Crippen LogP contribution < -0.4 is 26.1 Å². The molecule has 0 aliphatic carbocycles. The molecule has 53 heavy (non-hydrogen) atoms. The molecule has 0 atom stereocenters. The summed E-state index contributed by atoms with van der Waals surface area (Å²) in [6.45, 7) is 0.670. The molecule has 1 aliphatic heterocycles. The number of halogens is 1. The van der Waals surface area contributed by atoms with E-state index in [1.807, 2.05) is 0 Å². The predicted octanol–water partition coefficient (Wildman–Crippen LogP) is 7.47. The number of nitrogens with one attached hydrogen (secondary N) is 4. The number of ether oxygens (including phenoxy) is 1. The molecule has 0 saturated carbocycles. The summed E-state index contributed by atoms with van der Waals surface area (Å²) in [5.74, 6) is 0.860. The van der Waals surface area contributed by atoms with Crippen molar-refractivity contribution in [2.24, 2.45) is 0 Å². The summed E-state index contributed by atoms with van der Waals surface area (Å²) in [5.41, 5.74) is 12.9. The van der Waals surface area contributed by atoms with Crippen molar-refractivity contribution in [1.82, 2.24) is 19.9 Å². The summed E-state index contributed by atoms with van der Waals surface area (Å²) in [4.78, 5) is 15.4. The van der Waals surface area contributed by atoms with Crippen LogP contribution in [-0.4, -0.2) is 31.9 Å². The van der Waals surface area contributed by atoms with E-state index in [9.17, 15) is 0 Å². The van der Waals surface area contributed by atoms with Crippen molar-refractivity contribution in [1.29, 1.82) is 0 Å². The van der Waals surface area contributed by atoms with Gasteiger partial charge in [0.1, 0.15) is 5.75 Å². The maximum absolute atomic E-state index is 6.02. The third kappa shape index (κ3) is 6.43. The molecule has 0 fully saturated rings. The minimum atomic E-state index is 0.670. The van der Waals surface area contributed by atoms with Crippen LogP contribution in [0.3, 0.4) is 0 Å². The monoisotopic (exact) mass is 752 g/mol. The highest BCUT2D eigenvalue weighted by Crippen LogP contribution is 2.28. The van der Waals surface area contributed by atoms with Crippen molar-refractivity contribution < 1.29 is 4.74 Å². The molecule has 4 aromatic carbocycles. The van der Waals surface area contributed by atoms with Crippen LogP contribution in [0.15, 0.2) is 164 Å². The predicted molar refractivity (Wildman–Crippen MR) is 218 cm³/mol. The van der Waals surface area contributed by atoms with Crippen molar-refractivity contribution in [2.45, 2.75) is 6.42 Å². The second kappa shape index (κ2) is 14.4. The largest absolute Gasteiger partial charge is 0.494 e. The van der Waals surface area contributed by atoms with E-state index >= 15 is 0 Å². The molecule has 1 aliphatic rings. The highest BCUT2D eigenvalue weighted by atomic mass is 79.9. The Labute approximate surface area is 315 Å². The first-order chi connectivity index (χ1) is 26.2. The molecule has 4 N–H and O–H groups in total. The molecule has 8 aromatic rings. The van der Waals surface area contributed by atoms with Crippen LogP contribution in [0, 0.1) is 0 Å². The van der Waals surface area contributed by atoms with Gasteiger partial charge in [-0.2, -0.15) is 0 Å². The number of hydrogen-bond donors (Lipinski definition) is 4. The van der Waals surface area contributed by atoms with E-state index in [2.05, 4.69) is 200 Å². The van der Waals surface area contributed by atoms with E-state index in [0.29, 0.717) is 6.61 Å². The number of hydrogen-bond acceptors (Lipinski definition) is 1. The third-order valence-corrected chi connectivity index (χ3v) is 10.3. The minimum Gasteiger partial charge on any atom is -0.494 e. The van der Waals surface area contributed by atoms with Gasteiger partial charge in [0.2, 0.25) is 0 Å². The Kier molecular flexibility index (Phi) is 8.88. The molecule has 8 bridgehead atoms. The van der Waals surface area contributed by atoms with Crippen molar-refractivity contribution in [3.8, 4) is 5.75 Å². The Morgan fingerprint density at radius 3 is 1.04 bits per heavy atom. The lowest BCUT2D eigenvalue weighted by atomic mass is 10.0. The van der Waals surface area contributed by atoms with Gasteiger partial charge in [0, 0.05) is 71.8 Å². The van der Waals surface area contributed by atoms with E-state index in [1.165, 1.54) is 0 Å². The average Bonchev–Trinajstić information content (AvgIpc) is 4.05. The van der Waals surface area contributed by atoms with Crippen LogP contribution >= 0.6 is 15.9 Å². The fourth-order valence-electron chi connectivity index (χ4n) is 7.35. The van der Waals surface area contributed by atoms with Gasteiger partial charge in [-0.25, -0.2) is 0 Å². The number of alkyl halides is 1. The second-order valence-electron chi connectivity index (χ2n) is 13.2. The zero-order chi connectivity index (χ0) is 35.6. The second-order valence-corrected chi connectivity index (χ2v) is 13.9. The molecule has 6 heteroatoms. The smallest absolute Gasteiger partial charge is 0.119 e. The first-order valence-electron chi connectivity index (χ1n) is 18.0. The van der Waals surface area contributed by atoms with Crippen LogP contribution in [0.5, 0.6) is 5.75 Å². The van der Waals surface area contributed by atoms with Crippen molar-refractivity contribution in [3.63, 3.8) is 0 Å². The summed E-state index contributed by atoms with van der Waals surface area (Å²) in [5, 5.41) is 4.99. The summed E-state index contributed by atoms with van der Waals surface area (Å²) in [7, 11) is 0. The van der Waals surface area contributed by atoms with Gasteiger partial charge >= 0.3 is 0 Å². The molecular weight excluding hydrogens is 716 g/mol. The van der Waals surface area contributed by atoms with E-state index < -0.39 is 0 Å². The molecule has 4 aromatic heterocycles. The zero-order valence-electron chi connectivity index (χ0n) is 29.0. The number of fused-ring (bicyclic) bond motifs is 8. The Morgan fingerprint density at radius 2 is 0.698 bits per heavy atom. The molecule has 5 nitrogen and oxygen atoms in total. The van der Waals surface area contributed by atoms with E-state index in [0.717, 1.165) is 106 Å². The molecule has 5 heterocycles. The first-order valence-corrected chi connectivity index (χ1v) is 19.1. The Bertz CT molecular complexity index is 2770. The molecular formula is C47H37BrN4O. The minimum absolute atomic E-state index is 0.670. The van der Waals surface area contributed by atoms with E-state index in [1.54, 1.807) is 0 Å². The van der Waals surface area contributed by atoms with Gasteiger partial charge in [-0.05, 0) is 89.3 Å². The Balaban J connectivity index is 1.37. The number of aromatic amines is 4.